The van der Waals surface area contributed by atoms with Gasteiger partial charge >= 0.3 is 0 Å². The fraction of sp³-hybridized carbons (Fsp3) is 0.600. The van der Waals surface area contributed by atoms with Crippen LogP contribution in [0, 0.1) is 0 Å². The Kier molecular flexibility index (Phi) is 4.80. The third kappa shape index (κ3) is 3.33. The lowest BCUT2D eigenvalue weighted by Gasteiger charge is -2.37. The number of hydrogen-bond acceptors (Lipinski definition) is 3. The highest BCUT2D eigenvalue weighted by Crippen LogP contribution is 2.32. The predicted octanol–water partition coefficient (Wildman–Crippen LogP) is 2.96. The second kappa shape index (κ2) is 6.92. The van der Waals surface area contributed by atoms with Crippen LogP contribution in [0.1, 0.15) is 25.1 Å². The zero-order valence-corrected chi connectivity index (χ0v) is 16.3. The van der Waals surface area contributed by atoms with Gasteiger partial charge in [-0.05, 0) is 44.7 Å². The Bertz CT molecular complexity index is 769. The van der Waals surface area contributed by atoms with Crippen molar-refractivity contribution in [2.75, 3.05) is 33.2 Å². The van der Waals surface area contributed by atoms with Gasteiger partial charge in [0, 0.05) is 79.4 Å². The van der Waals surface area contributed by atoms with Crippen molar-refractivity contribution in [1.29, 1.82) is 0 Å². The third-order valence-electron chi connectivity index (χ3n) is 5.91. The lowest BCUT2D eigenvalue weighted by Crippen LogP contribution is -2.54. The molecule has 1 N–H and O–H groups in total. The SMILES string of the molecule is C[C@@H]1CN(CCn2c3c(c4cc(Cl)ccc42)CN(C)CC3)[C@@H](C)CN1. The highest BCUT2D eigenvalue weighted by molar-refractivity contribution is 6.31. The molecule has 0 bridgehead atoms. The number of aromatic nitrogens is 1. The quantitative estimate of drug-likeness (QED) is 0.910. The molecule has 5 heteroatoms. The molecule has 4 rings (SSSR count). The summed E-state index contributed by atoms with van der Waals surface area (Å²) in [5, 5.41) is 5.76. The molecule has 2 atom stereocenters. The maximum atomic E-state index is 6.30. The largest absolute Gasteiger partial charge is 0.343 e. The van der Waals surface area contributed by atoms with Crippen molar-refractivity contribution < 1.29 is 0 Å². The van der Waals surface area contributed by atoms with E-state index in [1.807, 2.05) is 6.07 Å². The molecule has 136 valence electrons. The highest BCUT2D eigenvalue weighted by atomic mass is 35.5. The van der Waals surface area contributed by atoms with E-state index in [0.717, 1.165) is 50.7 Å². The fourth-order valence-electron chi connectivity index (χ4n) is 4.45. The molecule has 0 amide bonds. The van der Waals surface area contributed by atoms with Crippen molar-refractivity contribution >= 4 is 22.5 Å². The van der Waals surface area contributed by atoms with E-state index in [4.69, 9.17) is 11.6 Å². The van der Waals surface area contributed by atoms with Crippen molar-refractivity contribution in [2.24, 2.45) is 0 Å². The van der Waals surface area contributed by atoms with Gasteiger partial charge < -0.3 is 14.8 Å². The molecule has 2 aromatic rings. The topological polar surface area (TPSA) is 23.4 Å². The average Bonchev–Trinajstić information content (AvgIpc) is 2.88. The third-order valence-corrected chi connectivity index (χ3v) is 6.15. The minimum Gasteiger partial charge on any atom is -0.343 e. The van der Waals surface area contributed by atoms with Crippen LogP contribution in [-0.4, -0.2) is 59.7 Å². The van der Waals surface area contributed by atoms with Gasteiger partial charge in [0.1, 0.15) is 0 Å². The van der Waals surface area contributed by atoms with Crippen molar-refractivity contribution in [3.63, 3.8) is 0 Å². The number of piperazine rings is 1. The predicted molar refractivity (Wildman–Crippen MR) is 105 cm³/mol. The first-order valence-corrected chi connectivity index (χ1v) is 9.86. The van der Waals surface area contributed by atoms with Crippen LogP contribution < -0.4 is 5.32 Å². The minimum atomic E-state index is 0.582. The van der Waals surface area contributed by atoms with Crippen LogP contribution in [0.4, 0.5) is 0 Å². The van der Waals surface area contributed by atoms with Gasteiger partial charge in [-0.2, -0.15) is 0 Å². The molecule has 0 aliphatic carbocycles. The summed E-state index contributed by atoms with van der Waals surface area (Å²) in [6, 6.07) is 7.58. The van der Waals surface area contributed by atoms with Gasteiger partial charge in [0.25, 0.3) is 0 Å². The first-order chi connectivity index (χ1) is 12.0. The second-order valence-electron chi connectivity index (χ2n) is 7.88. The molecule has 3 heterocycles. The Morgan fingerprint density at radius 2 is 2.08 bits per heavy atom. The van der Waals surface area contributed by atoms with Gasteiger partial charge in [0.05, 0.1) is 0 Å². The Balaban J connectivity index is 1.65. The van der Waals surface area contributed by atoms with Crippen LogP contribution in [0.15, 0.2) is 18.2 Å². The smallest absolute Gasteiger partial charge is 0.0487 e. The fourth-order valence-corrected chi connectivity index (χ4v) is 4.62. The molecular formula is C20H29ClN4. The first kappa shape index (κ1) is 17.3. The van der Waals surface area contributed by atoms with Crippen molar-refractivity contribution in [1.82, 2.24) is 19.7 Å². The number of nitrogens with zero attached hydrogens (tertiary/aromatic N) is 3. The van der Waals surface area contributed by atoms with Gasteiger partial charge in [-0.15, -0.1) is 0 Å². The van der Waals surface area contributed by atoms with E-state index >= 15 is 0 Å². The van der Waals surface area contributed by atoms with Crippen LogP contribution in [-0.2, 0) is 19.5 Å². The highest BCUT2D eigenvalue weighted by Gasteiger charge is 2.25. The normalized spacial score (nSPS) is 25.4. The monoisotopic (exact) mass is 360 g/mol. The number of hydrogen-bond donors (Lipinski definition) is 1. The molecule has 25 heavy (non-hydrogen) atoms. The summed E-state index contributed by atoms with van der Waals surface area (Å²) in [6.07, 6.45) is 1.13. The lowest BCUT2D eigenvalue weighted by atomic mass is 10.1. The molecule has 1 aromatic carbocycles. The van der Waals surface area contributed by atoms with E-state index in [9.17, 15) is 0 Å². The molecule has 0 spiro atoms. The van der Waals surface area contributed by atoms with Gasteiger partial charge in [-0.1, -0.05) is 11.6 Å². The molecule has 1 saturated heterocycles. The first-order valence-electron chi connectivity index (χ1n) is 9.48. The van der Waals surface area contributed by atoms with Crippen LogP contribution in [0.5, 0.6) is 0 Å². The van der Waals surface area contributed by atoms with E-state index < -0.39 is 0 Å². The van der Waals surface area contributed by atoms with E-state index in [-0.39, 0.29) is 0 Å². The van der Waals surface area contributed by atoms with Crippen molar-refractivity contribution in [2.45, 2.75) is 45.4 Å². The lowest BCUT2D eigenvalue weighted by molar-refractivity contribution is 0.141. The van der Waals surface area contributed by atoms with E-state index in [0.29, 0.717) is 12.1 Å². The second-order valence-corrected chi connectivity index (χ2v) is 8.32. The van der Waals surface area contributed by atoms with Gasteiger partial charge in [-0.3, -0.25) is 4.90 Å². The van der Waals surface area contributed by atoms with E-state index in [1.54, 1.807) is 0 Å². The molecule has 0 radical (unpaired) electrons. The summed E-state index contributed by atoms with van der Waals surface area (Å²) < 4.78 is 2.56. The molecule has 1 fully saturated rings. The minimum absolute atomic E-state index is 0.582. The maximum absolute atomic E-state index is 6.30. The number of nitrogens with one attached hydrogen (secondary N) is 1. The maximum Gasteiger partial charge on any atom is 0.0487 e. The molecule has 0 saturated carbocycles. The Morgan fingerprint density at radius 1 is 1.24 bits per heavy atom. The standard InChI is InChI=1S/C20H29ClN4/c1-14-12-24(15(2)11-22-14)8-9-25-19-5-4-16(21)10-17(19)18-13-23(3)7-6-20(18)25/h4-5,10,14-15,22H,6-9,11-13H2,1-3H3/t14-,15+/m1/s1. The number of rotatable bonds is 3. The molecular weight excluding hydrogens is 332 g/mol. The molecule has 1 aromatic heterocycles. The van der Waals surface area contributed by atoms with Crippen LogP contribution in [0.3, 0.4) is 0 Å². The zero-order chi connectivity index (χ0) is 17.6. The zero-order valence-electron chi connectivity index (χ0n) is 15.6. The van der Waals surface area contributed by atoms with Gasteiger partial charge in [0.15, 0.2) is 0 Å². The molecule has 4 nitrogen and oxygen atoms in total. The summed E-state index contributed by atoms with van der Waals surface area (Å²) in [6.45, 7) is 11.2. The summed E-state index contributed by atoms with van der Waals surface area (Å²) in [5.74, 6) is 0. The van der Waals surface area contributed by atoms with E-state index in [2.05, 4.69) is 52.7 Å². The number of benzene rings is 1. The Morgan fingerprint density at radius 3 is 2.92 bits per heavy atom. The number of halogens is 1. The van der Waals surface area contributed by atoms with Gasteiger partial charge in [-0.25, -0.2) is 0 Å². The Hall–Kier alpha value is -1.07. The van der Waals surface area contributed by atoms with Crippen LogP contribution >= 0.6 is 11.6 Å². The molecule has 2 aliphatic heterocycles. The summed E-state index contributed by atoms with van der Waals surface area (Å²) in [4.78, 5) is 5.04. The summed E-state index contributed by atoms with van der Waals surface area (Å²) >= 11 is 6.30. The van der Waals surface area contributed by atoms with Crippen molar-refractivity contribution in [3.8, 4) is 0 Å². The number of likely N-dealkylation sites (N-methyl/N-ethyl adjacent to an activating group) is 1. The summed E-state index contributed by atoms with van der Waals surface area (Å²) in [5.41, 5.74) is 4.35. The van der Waals surface area contributed by atoms with Crippen molar-refractivity contribution in [3.05, 3.63) is 34.5 Å². The van der Waals surface area contributed by atoms with Crippen LogP contribution in [0.25, 0.3) is 10.9 Å². The Labute approximate surface area is 155 Å². The molecule has 0 unspecified atom stereocenters. The van der Waals surface area contributed by atoms with Crippen LogP contribution in [0.2, 0.25) is 5.02 Å². The summed E-state index contributed by atoms with van der Waals surface area (Å²) in [7, 11) is 2.21. The molecule has 2 aliphatic rings. The average molecular weight is 361 g/mol. The van der Waals surface area contributed by atoms with Gasteiger partial charge in [0.2, 0.25) is 0 Å². The van der Waals surface area contributed by atoms with E-state index in [1.165, 1.54) is 22.2 Å². The number of fused-ring (bicyclic) bond motifs is 3.